The number of hydrogen-bond donors (Lipinski definition) is 0. The van der Waals surface area contributed by atoms with E-state index in [2.05, 4.69) is 12.1 Å². The SMILES string of the molecule is O=C1CC(COCc2ccccc2)C12CCC2. The Hall–Kier alpha value is -1.15. The number of ketones is 1. The van der Waals surface area contributed by atoms with Crippen LogP contribution in [0.15, 0.2) is 30.3 Å². The van der Waals surface area contributed by atoms with Crippen LogP contribution >= 0.6 is 0 Å². The third-order valence-corrected chi connectivity index (χ3v) is 4.44. The molecule has 1 atom stereocenters. The first kappa shape index (κ1) is 11.0. The van der Waals surface area contributed by atoms with Gasteiger partial charge in [-0.25, -0.2) is 0 Å². The van der Waals surface area contributed by atoms with Gasteiger partial charge in [0.2, 0.25) is 0 Å². The second-order valence-electron chi connectivity index (χ2n) is 5.33. The van der Waals surface area contributed by atoms with Gasteiger partial charge in [-0.3, -0.25) is 4.79 Å². The van der Waals surface area contributed by atoms with Gasteiger partial charge in [0, 0.05) is 17.8 Å². The molecule has 2 aliphatic rings. The number of carbonyl (C=O) groups excluding carboxylic acids is 1. The molecule has 17 heavy (non-hydrogen) atoms. The number of benzene rings is 1. The molecule has 0 heterocycles. The number of ether oxygens (including phenoxy) is 1. The maximum absolute atomic E-state index is 11.6. The predicted molar refractivity (Wildman–Crippen MR) is 65.5 cm³/mol. The van der Waals surface area contributed by atoms with E-state index in [9.17, 15) is 4.79 Å². The second-order valence-corrected chi connectivity index (χ2v) is 5.33. The third kappa shape index (κ3) is 1.81. The molecule has 0 saturated heterocycles. The van der Waals surface area contributed by atoms with Gasteiger partial charge in [0.1, 0.15) is 5.78 Å². The summed E-state index contributed by atoms with van der Waals surface area (Å²) in [5.74, 6) is 0.976. The molecule has 2 fully saturated rings. The van der Waals surface area contributed by atoms with Gasteiger partial charge >= 0.3 is 0 Å². The van der Waals surface area contributed by atoms with Crippen molar-refractivity contribution in [2.45, 2.75) is 32.3 Å². The van der Waals surface area contributed by atoms with Crippen molar-refractivity contribution < 1.29 is 9.53 Å². The average molecular weight is 230 g/mol. The van der Waals surface area contributed by atoms with E-state index in [1.807, 2.05) is 18.2 Å². The summed E-state index contributed by atoms with van der Waals surface area (Å²) < 4.78 is 5.75. The van der Waals surface area contributed by atoms with Crippen molar-refractivity contribution >= 4 is 5.78 Å². The van der Waals surface area contributed by atoms with E-state index in [0.717, 1.165) is 25.9 Å². The van der Waals surface area contributed by atoms with Crippen LogP contribution in [0.25, 0.3) is 0 Å². The molecule has 2 aliphatic carbocycles. The van der Waals surface area contributed by atoms with Crippen molar-refractivity contribution in [2.24, 2.45) is 11.3 Å². The number of Topliss-reactive ketones (excluding diaryl/α,β-unsaturated/α-hetero) is 1. The minimum Gasteiger partial charge on any atom is -0.376 e. The summed E-state index contributed by atoms with van der Waals surface area (Å²) >= 11 is 0. The first-order valence-corrected chi connectivity index (χ1v) is 6.46. The highest BCUT2D eigenvalue weighted by Crippen LogP contribution is 2.57. The summed E-state index contributed by atoms with van der Waals surface area (Å²) in [7, 11) is 0. The quantitative estimate of drug-likeness (QED) is 0.795. The molecular formula is C15H18O2. The summed E-state index contributed by atoms with van der Waals surface area (Å²) in [5, 5.41) is 0. The molecule has 1 aromatic carbocycles. The smallest absolute Gasteiger partial charge is 0.139 e. The standard InChI is InChI=1S/C15H18O2/c16-14-9-13(15(14)7-4-8-15)11-17-10-12-5-2-1-3-6-12/h1-3,5-6,13H,4,7-11H2. The minimum absolute atomic E-state index is 0.0523. The van der Waals surface area contributed by atoms with Crippen LogP contribution in [-0.4, -0.2) is 12.4 Å². The molecule has 3 rings (SSSR count). The van der Waals surface area contributed by atoms with Crippen LogP contribution in [0.1, 0.15) is 31.2 Å². The van der Waals surface area contributed by atoms with Crippen molar-refractivity contribution in [2.75, 3.05) is 6.61 Å². The summed E-state index contributed by atoms with van der Waals surface area (Å²) in [6, 6.07) is 10.2. The third-order valence-electron chi connectivity index (χ3n) is 4.44. The Labute approximate surface area is 102 Å². The zero-order valence-corrected chi connectivity index (χ0v) is 10.0. The summed E-state index contributed by atoms with van der Waals surface area (Å²) in [6.45, 7) is 1.42. The normalized spacial score (nSPS) is 25.4. The van der Waals surface area contributed by atoms with Crippen LogP contribution in [-0.2, 0) is 16.1 Å². The molecule has 1 aromatic rings. The molecule has 90 valence electrons. The monoisotopic (exact) mass is 230 g/mol. The zero-order chi connectivity index (χ0) is 11.7. The lowest BCUT2D eigenvalue weighted by molar-refractivity contribution is -0.161. The van der Waals surface area contributed by atoms with Gasteiger partial charge in [0.25, 0.3) is 0 Å². The number of carbonyl (C=O) groups is 1. The lowest BCUT2D eigenvalue weighted by atomic mass is 9.49. The maximum atomic E-state index is 11.6. The Kier molecular flexibility index (Phi) is 2.75. The van der Waals surface area contributed by atoms with Crippen LogP contribution < -0.4 is 0 Å². The largest absolute Gasteiger partial charge is 0.376 e. The van der Waals surface area contributed by atoms with Crippen molar-refractivity contribution in [3.63, 3.8) is 0 Å². The highest BCUT2D eigenvalue weighted by molar-refractivity contribution is 5.92. The molecule has 0 aliphatic heterocycles. The van der Waals surface area contributed by atoms with Crippen LogP contribution in [0.2, 0.25) is 0 Å². The molecule has 2 heteroatoms. The van der Waals surface area contributed by atoms with Crippen LogP contribution in [0.4, 0.5) is 0 Å². The van der Waals surface area contributed by atoms with E-state index in [0.29, 0.717) is 18.3 Å². The topological polar surface area (TPSA) is 26.3 Å². The zero-order valence-electron chi connectivity index (χ0n) is 10.0. The molecule has 2 saturated carbocycles. The van der Waals surface area contributed by atoms with E-state index in [-0.39, 0.29) is 5.41 Å². The van der Waals surface area contributed by atoms with Gasteiger partial charge in [-0.2, -0.15) is 0 Å². The van der Waals surface area contributed by atoms with Crippen LogP contribution in [0.3, 0.4) is 0 Å². The Balaban J connectivity index is 1.48. The molecule has 0 aromatic heterocycles. The van der Waals surface area contributed by atoms with E-state index in [1.54, 1.807) is 0 Å². The molecule has 1 unspecified atom stereocenters. The molecule has 1 spiro atoms. The van der Waals surface area contributed by atoms with Gasteiger partial charge < -0.3 is 4.74 Å². The Bertz CT molecular complexity index is 406. The van der Waals surface area contributed by atoms with Crippen molar-refractivity contribution in [3.8, 4) is 0 Å². The van der Waals surface area contributed by atoms with Gasteiger partial charge in [-0.05, 0) is 18.4 Å². The maximum Gasteiger partial charge on any atom is 0.139 e. The molecule has 0 radical (unpaired) electrons. The fraction of sp³-hybridized carbons (Fsp3) is 0.533. The highest BCUT2D eigenvalue weighted by Gasteiger charge is 2.57. The average Bonchev–Trinajstić information content (AvgIpc) is 2.27. The van der Waals surface area contributed by atoms with Gasteiger partial charge in [-0.15, -0.1) is 0 Å². The first-order chi connectivity index (χ1) is 8.31. The van der Waals surface area contributed by atoms with Crippen molar-refractivity contribution in [1.29, 1.82) is 0 Å². The van der Waals surface area contributed by atoms with E-state index in [4.69, 9.17) is 4.74 Å². The Morgan fingerprint density at radius 1 is 1.24 bits per heavy atom. The van der Waals surface area contributed by atoms with E-state index < -0.39 is 0 Å². The fourth-order valence-electron chi connectivity index (χ4n) is 3.08. The van der Waals surface area contributed by atoms with Gasteiger partial charge in [0.15, 0.2) is 0 Å². The Morgan fingerprint density at radius 2 is 2.00 bits per heavy atom. The summed E-state index contributed by atoms with van der Waals surface area (Å²) in [4.78, 5) is 11.6. The first-order valence-electron chi connectivity index (χ1n) is 6.46. The number of rotatable bonds is 4. The number of hydrogen-bond acceptors (Lipinski definition) is 2. The van der Waals surface area contributed by atoms with E-state index >= 15 is 0 Å². The lowest BCUT2D eigenvalue weighted by Gasteiger charge is -2.53. The fourth-order valence-corrected chi connectivity index (χ4v) is 3.08. The van der Waals surface area contributed by atoms with Crippen LogP contribution in [0.5, 0.6) is 0 Å². The van der Waals surface area contributed by atoms with Crippen molar-refractivity contribution in [1.82, 2.24) is 0 Å². The van der Waals surface area contributed by atoms with Gasteiger partial charge in [-0.1, -0.05) is 36.8 Å². The van der Waals surface area contributed by atoms with E-state index in [1.165, 1.54) is 12.0 Å². The molecule has 0 bridgehead atoms. The minimum atomic E-state index is 0.0523. The summed E-state index contributed by atoms with van der Waals surface area (Å²) in [6.07, 6.45) is 4.17. The Morgan fingerprint density at radius 3 is 2.59 bits per heavy atom. The second kappa shape index (κ2) is 4.26. The van der Waals surface area contributed by atoms with Crippen molar-refractivity contribution in [3.05, 3.63) is 35.9 Å². The lowest BCUT2D eigenvalue weighted by Crippen LogP contribution is -2.55. The predicted octanol–water partition coefficient (Wildman–Crippen LogP) is 2.96. The van der Waals surface area contributed by atoms with Gasteiger partial charge in [0.05, 0.1) is 13.2 Å². The van der Waals surface area contributed by atoms with Crippen LogP contribution in [0, 0.1) is 11.3 Å². The molecule has 2 nitrogen and oxygen atoms in total. The molecular weight excluding hydrogens is 212 g/mol. The molecule has 0 N–H and O–H groups in total. The highest BCUT2D eigenvalue weighted by atomic mass is 16.5. The summed E-state index contributed by atoms with van der Waals surface area (Å²) in [5.41, 5.74) is 1.26. The molecule has 0 amide bonds.